The third-order valence-corrected chi connectivity index (χ3v) is 5.94. The predicted molar refractivity (Wildman–Crippen MR) is 106 cm³/mol. The summed E-state index contributed by atoms with van der Waals surface area (Å²) in [5.74, 6) is 1.81. The number of nitrogens with one attached hydrogen (secondary N) is 2. The van der Waals surface area contributed by atoms with Gasteiger partial charge in [-0.2, -0.15) is 0 Å². The van der Waals surface area contributed by atoms with E-state index >= 15 is 0 Å². The Bertz CT molecular complexity index is 661. The Morgan fingerprint density at radius 3 is 2.65 bits per heavy atom. The van der Waals surface area contributed by atoms with Crippen LogP contribution in [0.1, 0.15) is 50.3 Å². The second-order valence-corrected chi connectivity index (χ2v) is 8.31. The highest BCUT2D eigenvalue weighted by atomic mass is 16.5. The zero-order valence-electron chi connectivity index (χ0n) is 16.7. The number of aryl methyl sites for hydroxylation is 2. The molecule has 26 heavy (non-hydrogen) atoms. The number of aliphatic imine (C=N–C) groups is 1. The largest absolute Gasteiger partial charge is 0.507 e. The lowest BCUT2D eigenvalue weighted by molar-refractivity contribution is -0.188. The highest BCUT2D eigenvalue weighted by Crippen LogP contribution is 2.51. The van der Waals surface area contributed by atoms with E-state index < -0.39 is 0 Å². The normalized spacial score (nSPS) is 27.4. The lowest BCUT2D eigenvalue weighted by Crippen LogP contribution is -2.71. The predicted octanol–water partition coefficient (Wildman–Crippen LogP) is 3.27. The number of phenols is 1. The van der Waals surface area contributed by atoms with Crippen molar-refractivity contribution < 1.29 is 9.84 Å². The van der Waals surface area contributed by atoms with Gasteiger partial charge >= 0.3 is 0 Å². The smallest absolute Gasteiger partial charge is 0.191 e. The minimum Gasteiger partial charge on any atom is -0.507 e. The Balaban J connectivity index is 1.72. The molecule has 144 valence electrons. The van der Waals surface area contributed by atoms with Gasteiger partial charge in [-0.05, 0) is 50.3 Å². The van der Waals surface area contributed by atoms with E-state index in [0.29, 0.717) is 30.4 Å². The number of rotatable bonds is 4. The second kappa shape index (κ2) is 7.47. The van der Waals surface area contributed by atoms with Crippen LogP contribution >= 0.6 is 0 Å². The molecular formula is C21H33N3O2. The molecule has 1 aliphatic heterocycles. The number of aromatic hydroxyl groups is 1. The van der Waals surface area contributed by atoms with Gasteiger partial charge in [-0.3, -0.25) is 0 Å². The van der Waals surface area contributed by atoms with E-state index in [2.05, 4.69) is 31.4 Å². The average molecular weight is 360 g/mol. The van der Waals surface area contributed by atoms with E-state index in [0.717, 1.165) is 42.2 Å². The first-order valence-electron chi connectivity index (χ1n) is 9.80. The summed E-state index contributed by atoms with van der Waals surface area (Å²) < 4.78 is 6.01. The summed E-state index contributed by atoms with van der Waals surface area (Å²) in [5.41, 5.74) is 3.03. The van der Waals surface area contributed by atoms with Crippen molar-refractivity contribution in [2.45, 2.75) is 66.2 Å². The molecule has 1 aliphatic carbocycles. The average Bonchev–Trinajstić information content (AvgIpc) is 2.61. The lowest BCUT2D eigenvalue weighted by Gasteiger charge is -2.60. The molecular weight excluding hydrogens is 326 g/mol. The summed E-state index contributed by atoms with van der Waals surface area (Å²) in [6.45, 7) is 12.8. The van der Waals surface area contributed by atoms with Gasteiger partial charge in [0.05, 0.1) is 12.6 Å². The molecule has 0 bridgehead atoms. The minimum absolute atomic E-state index is 0.118. The molecule has 5 heteroatoms. The summed E-state index contributed by atoms with van der Waals surface area (Å²) in [5, 5.41) is 17.0. The third kappa shape index (κ3) is 3.54. The molecule has 0 radical (unpaired) electrons. The van der Waals surface area contributed by atoms with E-state index in [9.17, 15) is 5.11 Å². The fourth-order valence-corrected chi connectivity index (χ4v) is 4.59. The van der Waals surface area contributed by atoms with Crippen LogP contribution in [0.15, 0.2) is 17.1 Å². The van der Waals surface area contributed by atoms with Crippen molar-refractivity contribution in [1.29, 1.82) is 0 Å². The Kier molecular flexibility index (Phi) is 5.47. The van der Waals surface area contributed by atoms with Crippen molar-refractivity contribution in [1.82, 2.24) is 10.6 Å². The van der Waals surface area contributed by atoms with Crippen molar-refractivity contribution >= 4 is 5.96 Å². The van der Waals surface area contributed by atoms with Crippen molar-refractivity contribution in [2.24, 2.45) is 16.3 Å². The van der Waals surface area contributed by atoms with Gasteiger partial charge < -0.3 is 20.5 Å². The van der Waals surface area contributed by atoms with E-state index in [4.69, 9.17) is 9.73 Å². The van der Waals surface area contributed by atoms with Crippen LogP contribution in [0.5, 0.6) is 5.75 Å². The molecule has 2 fully saturated rings. The fraction of sp³-hybridized carbons (Fsp3) is 0.667. The van der Waals surface area contributed by atoms with Crippen LogP contribution in [0.25, 0.3) is 0 Å². The molecule has 2 aliphatic rings. The minimum atomic E-state index is 0.118. The molecule has 1 heterocycles. The Morgan fingerprint density at radius 1 is 1.31 bits per heavy atom. The monoisotopic (exact) mass is 359 g/mol. The lowest BCUT2D eigenvalue weighted by atomic mass is 9.55. The standard InChI is InChI=1S/C21H33N3O2/c1-6-22-20(23-12-15-10-13(2)17(25)14(3)11-15)24-18-16-8-7-9-26-19(16)21(18,4)5/h10-11,16,18-19,25H,6-9,12H2,1-5H3,(H2,22,23,24). The summed E-state index contributed by atoms with van der Waals surface area (Å²) in [7, 11) is 0. The molecule has 1 saturated carbocycles. The number of hydrogen-bond donors (Lipinski definition) is 3. The number of guanidine groups is 1. The van der Waals surface area contributed by atoms with Gasteiger partial charge in [0.25, 0.3) is 0 Å². The van der Waals surface area contributed by atoms with Crippen LogP contribution in [-0.2, 0) is 11.3 Å². The number of benzene rings is 1. The van der Waals surface area contributed by atoms with Gasteiger partial charge in [0.1, 0.15) is 5.75 Å². The van der Waals surface area contributed by atoms with Gasteiger partial charge in [0.15, 0.2) is 5.96 Å². The van der Waals surface area contributed by atoms with E-state index in [1.807, 2.05) is 26.0 Å². The maximum Gasteiger partial charge on any atom is 0.191 e. The quantitative estimate of drug-likeness (QED) is 0.570. The van der Waals surface area contributed by atoms with Gasteiger partial charge in [-0.15, -0.1) is 0 Å². The van der Waals surface area contributed by atoms with Gasteiger partial charge in [-0.25, -0.2) is 4.99 Å². The maximum absolute atomic E-state index is 9.95. The first kappa shape index (κ1) is 19.0. The van der Waals surface area contributed by atoms with Crippen molar-refractivity contribution in [3.05, 3.63) is 28.8 Å². The molecule has 0 amide bonds. The van der Waals surface area contributed by atoms with Gasteiger partial charge in [0, 0.05) is 30.5 Å². The molecule has 0 spiro atoms. The number of fused-ring (bicyclic) bond motifs is 1. The SMILES string of the molecule is CCNC(=NCc1cc(C)c(O)c(C)c1)NC1C2CCCOC2C1(C)C. The molecule has 5 nitrogen and oxygen atoms in total. The van der Waals surface area contributed by atoms with Crippen LogP contribution < -0.4 is 10.6 Å². The molecule has 3 N–H and O–H groups in total. The van der Waals surface area contributed by atoms with E-state index in [1.54, 1.807) is 0 Å². The van der Waals surface area contributed by atoms with Crippen LogP contribution in [-0.4, -0.2) is 36.4 Å². The summed E-state index contributed by atoms with van der Waals surface area (Å²) in [6.07, 6.45) is 2.73. The zero-order chi connectivity index (χ0) is 18.9. The first-order chi connectivity index (χ1) is 12.3. The summed E-state index contributed by atoms with van der Waals surface area (Å²) in [4.78, 5) is 4.79. The third-order valence-electron chi connectivity index (χ3n) is 5.94. The Labute approximate surface area is 157 Å². The second-order valence-electron chi connectivity index (χ2n) is 8.31. The van der Waals surface area contributed by atoms with Crippen LogP contribution in [0.2, 0.25) is 0 Å². The Morgan fingerprint density at radius 2 is 2.00 bits per heavy atom. The number of ether oxygens (including phenoxy) is 1. The molecule has 1 aromatic rings. The fourth-order valence-electron chi connectivity index (χ4n) is 4.59. The molecule has 3 rings (SSSR count). The Hall–Kier alpha value is -1.75. The zero-order valence-corrected chi connectivity index (χ0v) is 16.7. The summed E-state index contributed by atoms with van der Waals surface area (Å²) >= 11 is 0. The number of hydrogen-bond acceptors (Lipinski definition) is 3. The number of phenolic OH excluding ortho intramolecular Hbond substituents is 1. The highest BCUT2D eigenvalue weighted by molar-refractivity contribution is 5.80. The maximum atomic E-state index is 9.95. The molecule has 3 unspecified atom stereocenters. The van der Waals surface area contributed by atoms with Crippen molar-refractivity contribution in [3.63, 3.8) is 0 Å². The molecule has 1 saturated heterocycles. The topological polar surface area (TPSA) is 65.9 Å². The first-order valence-corrected chi connectivity index (χ1v) is 9.80. The molecule has 3 atom stereocenters. The number of nitrogens with zero attached hydrogens (tertiary/aromatic N) is 1. The summed E-state index contributed by atoms with van der Waals surface area (Å²) in [6, 6.07) is 4.40. The van der Waals surface area contributed by atoms with Gasteiger partial charge in [-0.1, -0.05) is 26.0 Å². The van der Waals surface area contributed by atoms with E-state index in [1.165, 1.54) is 6.42 Å². The molecule has 0 aromatic heterocycles. The highest BCUT2D eigenvalue weighted by Gasteiger charge is 2.58. The van der Waals surface area contributed by atoms with Gasteiger partial charge in [0.2, 0.25) is 0 Å². The van der Waals surface area contributed by atoms with Crippen LogP contribution in [0.4, 0.5) is 0 Å². The van der Waals surface area contributed by atoms with Crippen LogP contribution in [0.3, 0.4) is 0 Å². The van der Waals surface area contributed by atoms with Crippen molar-refractivity contribution in [3.8, 4) is 5.75 Å². The van der Waals surface area contributed by atoms with Crippen molar-refractivity contribution in [2.75, 3.05) is 13.2 Å². The van der Waals surface area contributed by atoms with Crippen LogP contribution in [0, 0.1) is 25.2 Å². The van der Waals surface area contributed by atoms with E-state index in [-0.39, 0.29) is 5.41 Å². The molecule has 1 aromatic carbocycles.